The summed E-state index contributed by atoms with van der Waals surface area (Å²) in [6.07, 6.45) is 1.36. The van der Waals surface area contributed by atoms with Crippen molar-refractivity contribution in [1.29, 1.82) is 0 Å². The molecule has 1 aliphatic carbocycles. The summed E-state index contributed by atoms with van der Waals surface area (Å²) in [7, 11) is 0. The highest BCUT2D eigenvalue weighted by atomic mass is 19.1. The second-order valence-electron chi connectivity index (χ2n) is 8.43. The first-order valence-corrected chi connectivity index (χ1v) is 11.0. The van der Waals surface area contributed by atoms with Crippen LogP contribution in [0.3, 0.4) is 0 Å². The van der Waals surface area contributed by atoms with Gasteiger partial charge in [-0.05, 0) is 37.0 Å². The number of benzene rings is 1. The lowest BCUT2D eigenvalue weighted by Crippen LogP contribution is -2.33. The van der Waals surface area contributed by atoms with Crippen molar-refractivity contribution in [2.75, 3.05) is 11.9 Å². The molecule has 1 saturated carbocycles. The zero-order valence-electron chi connectivity index (χ0n) is 17.8. The van der Waals surface area contributed by atoms with Gasteiger partial charge < -0.3 is 30.1 Å². The highest BCUT2D eigenvalue weighted by Crippen LogP contribution is 2.33. The minimum Gasteiger partial charge on any atom is -0.394 e. The number of rotatable bonds is 7. The first kappa shape index (κ1) is 22.1. The number of halogens is 1. The zero-order chi connectivity index (χ0) is 22.9. The van der Waals surface area contributed by atoms with Crippen LogP contribution in [0.15, 0.2) is 36.9 Å². The molecule has 33 heavy (non-hydrogen) atoms. The Balaban J connectivity index is 1.31. The molecule has 176 valence electrons. The van der Waals surface area contributed by atoms with E-state index in [1.54, 1.807) is 12.1 Å². The van der Waals surface area contributed by atoms with E-state index in [9.17, 15) is 19.7 Å². The van der Waals surface area contributed by atoms with Crippen molar-refractivity contribution < 1.29 is 29.2 Å². The molecule has 1 aromatic carbocycles. The zero-order valence-corrected chi connectivity index (χ0v) is 17.8. The van der Waals surface area contributed by atoms with Crippen molar-refractivity contribution in [2.45, 2.75) is 62.6 Å². The second-order valence-corrected chi connectivity index (χ2v) is 8.43. The van der Waals surface area contributed by atoms with E-state index in [1.807, 2.05) is 0 Å². The van der Waals surface area contributed by atoms with E-state index in [2.05, 4.69) is 20.3 Å². The van der Waals surface area contributed by atoms with Gasteiger partial charge in [-0.2, -0.15) is 0 Å². The van der Waals surface area contributed by atoms with Crippen molar-refractivity contribution in [3.05, 3.63) is 48.3 Å². The van der Waals surface area contributed by atoms with Crippen LogP contribution in [0.4, 0.5) is 10.2 Å². The number of hydrogen-bond acceptors (Lipinski definition) is 9. The first-order chi connectivity index (χ1) is 16.0. The summed E-state index contributed by atoms with van der Waals surface area (Å²) in [5.41, 5.74) is 1.84. The standard InChI is InChI=1S/C22H26FN5O5/c23-13-6-4-12(5-7-13)9-32-15-3-1-2-14(15)27-20-17-21(25-10-24-20)28(11-26-17)22-19(31)18(30)16(8-29)33-22/h4-7,10-11,14-16,18-19,22,29-31H,1-3,8-9H2,(H,24,25,27)/t14-,15-,16-,18-,19-,22-/m1/s1. The lowest BCUT2D eigenvalue weighted by atomic mass is 10.1. The highest BCUT2D eigenvalue weighted by Gasteiger charge is 2.44. The van der Waals surface area contributed by atoms with Crippen LogP contribution in [0.2, 0.25) is 0 Å². The maximum Gasteiger partial charge on any atom is 0.167 e. The number of ether oxygens (including phenoxy) is 2. The Bertz CT molecular complexity index is 1100. The molecule has 0 radical (unpaired) electrons. The Labute approximate surface area is 189 Å². The molecule has 4 N–H and O–H groups in total. The Morgan fingerprint density at radius 3 is 2.70 bits per heavy atom. The number of aliphatic hydroxyl groups excluding tert-OH is 3. The van der Waals surface area contributed by atoms with Crippen LogP contribution >= 0.6 is 0 Å². The van der Waals surface area contributed by atoms with Gasteiger partial charge in [0.2, 0.25) is 0 Å². The van der Waals surface area contributed by atoms with E-state index < -0.39 is 31.1 Å². The third-order valence-electron chi connectivity index (χ3n) is 6.30. The van der Waals surface area contributed by atoms with E-state index in [-0.39, 0.29) is 18.0 Å². The summed E-state index contributed by atoms with van der Waals surface area (Å²) in [4.78, 5) is 13.0. The van der Waals surface area contributed by atoms with Crippen LogP contribution in [-0.2, 0) is 16.1 Å². The van der Waals surface area contributed by atoms with Crippen LogP contribution < -0.4 is 5.32 Å². The molecule has 2 fully saturated rings. The summed E-state index contributed by atoms with van der Waals surface area (Å²) in [6, 6.07) is 6.28. The van der Waals surface area contributed by atoms with Crippen LogP contribution in [-0.4, -0.2) is 71.9 Å². The molecule has 0 bridgehead atoms. The molecular weight excluding hydrogens is 433 g/mol. The molecule has 5 rings (SSSR count). The SMILES string of the molecule is OC[C@H]1O[C@@H](n2cnc3c(N[C@@H]4CCC[C@H]4OCc4ccc(F)cc4)ncnc32)[C@H](O)[C@@H]1O. The Morgan fingerprint density at radius 1 is 1.12 bits per heavy atom. The topological polar surface area (TPSA) is 135 Å². The molecule has 2 aromatic heterocycles. The number of nitrogens with zero attached hydrogens (tertiary/aromatic N) is 4. The van der Waals surface area contributed by atoms with Crippen LogP contribution in [0, 0.1) is 5.82 Å². The minimum atomic E-state index is -1.23. The highest BCUT2D eigenvalue weighted by molar-refractivity contribution is 5.82. The lowest BCUT2D eigenvalue weighted by molar-refractivity contribution is -0.0511. The molecule has 3 heterocycles. The quantitative estimate of drug-likeness (QED) is 0.410. The Morgan fingerprint density at radius 2 is 1.94 bits per heavy atom. The van der Waals surface area contributed by atoms with Crippen LogP contribution in [0.25, 0.3) is 11.2 Å². The minimum absolute atomic E-state index is 0.0163. The van der Waals surface area contributed by atoms with Crippen molar-refractivity contribution in [3.8, 4) is 0 Å². The summed E-state index contributed by atoms with van der Waals surface area (Å²) in [6.45, 7) is -0.0215. The molecule has 0 amide bonds. The molecule has 1 saturated heterocycles. The fraction of sp³-hybridized carbons (Fsp3) is 0.500. The summed E-state index contributed by atoms with van der Waals surface area (Å²) in [5.74, 6) is 0.260. The van der Waals surface area contributed by atoms with Gasteiger partial charge in [-0.15, -0.1) is 0 Å². The molecular formula is C22H26FN5O5. The van der Waals surface area contributed by atoms with Gasteiger partial charge in [-0.1, -0.05) is 12.1 Å². The first-order valence-electron chi connectivity index (χ1n) is 11.0. The van der Waals surface area contributed by atoms with Gasteiger partial charge in [0.25, 0.3) is 0 Å². The monoisotopic (exact) mass is 459 g/mol. The molecule has 2 aliphatic rings. The van der Waals surface area contributed by atoms with Crippen molar-refractivity contribution in [2.24, 2.45) is 0 Å². The fourth-order valence-electron chi connectivity index (χ4n) is 4.50. The number of hydrogen-bond donors (Lipinski definition) is 4. The smallest absolute Gasteiger partial charge is 0.167 e. The second kappa shape index (κ2) is 9.27. The number of nitrogens with one attached hydrogen (secondary N) is 1. The van der Waals surface area contributed by atoms with E-state index in [4.69, 9.17) is 9.47 Å². The maximum atomic E-state index is 13.1. The van der Waals surface area contributed by atoms with Gasteiger partial charge in [0.1, 0.15) is 30.5 Å². The Kier molecular flexibility index (Phi) is 6.21. The predicted octanol–water partition coefficient (Wildman–Crippen LogP) is 1.13. The molecule has 3 aromatic rings. The molecule has 6 atom stereocenters. The number of fused-ring (bicyclic) bond motifs is 1. The van der Waals surface area contributed by atoms with Crippen LogP contribution in [0.5, 0.6) is 0 Å². The largest absolute Gasteiger partial charge is 0.394 e. The van der Waals surface area contributed by atoms with Gasteiger partial charge in [0, 0.05) is 0 Å². The summed E-state index contributed by atoms with van der Waals surface area (Å²) < 4.78 is 26.4. The van der Waals surface area contributed by atoms with Crippen molar-refractivity contribution in [3.63, 3.8) is 0 Å². The third kappa shape index (κ3) is 4.30. The maximum absolute atomic E-state index is 13.1. The molecule has 10 nitrogen and oxygen atoms in total. The van der Waals surface area contributed by atoms with E-state index in [0.717, 1.165) is 24.8 Å². The number of anilines is 1. The van der Waals surface area contributed by atoms with E-state index >= 15 is 0 Å². The normalized spacial score (nSPS) is 29.7. The third-order valence-corrected chi connectivity index (χ3v) is 6.30. The van der Waals surface area contributed by atoms with E-state index in [1.165, 1.54) is 29.4 Å². The average Bonchev–Trinajstić information content (AvgIpc) is 3.52. The number of aromatic nitrogens is 4. The number of aliphatic hydroxyl groups is 3. The summed E-state index contributed by atoms with van der Waals surface area (Å²) >= 11 is 0. The van der Waals surface area contributed by atoms with Gasteiger partial charge in [0.05, 0.1) is 31.7 Å². The van der Waals surface area contributed by atoms with Crippen molar-refractivity contribution in [1.82, 2.24) is 19.5 Å². The number of imidazole rings is 1. The Hall–Kier alpha value is -2.70. The molecule has 0 unspecified atom stereocenters. The van der Waals surface area contributed by atoms with Gasteiger partial charge in [-0.25, -0.2) is 19.3 Å². The van der Waals surface area contributed by atoms with Crippen molar-refractivity contribution >= 4 is 17.0 Å². The van der Waals surface area contributed by atoms with Gasteiger partial charge in [-0.3, -0.25) is 4.57 Å². The van der Waals surface area contributed by atoms with Crippen LogP contribution in [0.1, 0.15) is 31.1 Å². The summed E-state index contributed by atoms with van der Waals surface area (Å²) in [5, 5.41) is 33.2. The molecule has 11 heteroatoms. The van der Waals surface area contributed by atoms with E-state index in [0.29, 0.717) is 23.6 Å². The average molecular weight is 459 g/mol. The fourth-order valence-corrected chi connectivity index (χ4v) is 4.50. The van der Waals surface area contributed by atoms with Gasteiger partial charge in [0.15, 0.2) is 23.2 Å². The van der Waals surface area contributed by atoms with Gasteiger partial charge >= 0.3 is 0 Å². The lowest BCUT2D eigenvalue weighted by Gasteiger charge is -2.22. The molecule has 1 aliphatic heterocycles. The predicted molar refractivity (Wildman–Crippen MR) is 115 cm³/mol. The molecule has 0 spiro atoms.